The predicted molar refractivity (Wildman–Crippen MR) is 71.0 cm³/mol. The lowest BCUT2D eigenvalue weighted by Gasteiger charge is -2.37. The van der Waals surface area contributed by atoms with Crippen molar-refractivity contribution < 1.29 is 4.79 Å². The van der Waals surface area contributed by atoms with E-state index in [4.69, 9.17) is 0 Å². The Morgan fingerprint density at radius 2 is 2.29 bits per heavy atom. The maximum Gasteiger partial charge on any atom is 0.237 e. The highest BCUT2D eigenvalue weighted by atomic mass is 16.2. The summed E-state index contributed by atoms with van der Waals surface area (Å²) in [5.41, 5.74) is 0. The molecule has 1 amide bonds. The van der Waals surface area contributed by atoms with Gasteiger partial charge in [0.25, 0.3) is 0 Å². The van der Waals surface area contributed by atoms with Gasteiger partial charge in [-0.15, -0.1) is 0 Å². The number of amides is 1. The van der Waals surface area contributed by atoms with Crippen LogP contribution in [0, 0.1) is 0 Å². The van der Waals surface area contributed by atoms with Gasteiger partial charge in [-0.2, -0.15) is 0 Å². The molecular weight excluding hydrogens is 214 g/mol. The van der Waals surface area contributed by atoms with E-state index in [1.807, 2.05) is 6.92 Å². The molecule has 0 aromatic rings. The predicted octanol–water partition coefficient (Wildman–Crippen LogP) is 0.975. The van der Waals surface area contributed by atoms with Crippen LogP contribution in [-0.2, 0) is 4.79 Å². The van der Waals surface area contributed by atoms with Crippen molar-refractivity contribution >= 4 is 5.91 Å². The number of likely N-dealkylation sites (N-methyl/N-ethyl adjacent to an activating group) is 1. The van der Waals surface area contributed by atoms with Gasteiger partial charge in [-0.05, 0) is 39.3 Å². The monoisotopic (exact) mass is 241 g/mol. The van der Waals surface area contributed by atoms with Crippen molar-refractivity contribution in [3.63, 3.8) is 0 Å². The van der Waals surface area contributed by atoms with Gasteiger partial charge in [-0.25, -0.2) is 0 Å². The summed E-state index contributed by atoms with van der Waals surface area (Å²) in [6.45, 7) is 10.1. The number of carbonyl (C=O) groups excluding carboxylic acids is 1. The SMILES string of the molecule is CCCNC(=O)C(C)N(CC)C1CCCNC1. The maximum atomic E-state index is 12.0. The van der Waals surface area contributed by atoms with Crippen molar-refractivity contribution in [3.8, 4) is 0 Å². The van der Waals surface area contributed by atoms with E-state index in [2.05, 4.69) is 29.4 Å². The number of piperidine rings is 1. The number of hydrogen-bond donors (Lipinski definition) is 2. The smallest absolute Gasteiger partial charge is 0.237 e. The number of carbonyl (C=O) groups is 1. The number of rotatable bonds is 6. The number of nitrogens with zero attached hydrogens (tertiary/aromatic N) is 1. The fourth-order valence-corrected chi connectivity index (χ4v) is 2.51. The van der Waals surface area contributed by atoms with Gasteiger partial charge in [-0.3, -0.25) is 9.69 Å². The van der Waals surface area contributed by atoms with Crippen molar-refractivity contribution in [2.24, 2.45) is 0 Å². The van der Waals surface area contributed by atoms with E-state index >= 15 is 0 Å². The lowest BCUT2D eigenvalue weighted by molar-refractivity contribution is -0.126. The van der Waals surface area contributed by atoms with Gasteiger partial charge in [0.1, 0.15) is 0 Å². The standard InChI is InChI=1S/C13H27N3O/c1-4-8-15-13(17)11(3)16(5-2)12-7-6-9-14-10-12/h11-12,14H,4-10H2,1-3H3,(H,15,17). The zero-order valence-electron chi connectivity index (χ0n) is 11.5. The van der Waals surface area contributed by atoms with E-state index in [9.17, 15) is 4.79 Å². The molecule has 1 saturated heterocycles. The van der Waals surface area contributed by atoms with E-state index in [0.29, 0.717) is 6.04 Å². The quantitative estimate of drug-likeness (QED) is 0.728. The molecule has 0 radical (unpaired) electrons. The van der Waals surface area contributed by atoms with E-state index in [-0.39, 0.29) is 11.9 Å². The molecular formula is C13H27N3O. The van der Waals surface area contributed by atoms with Crippen molar-refractivity contribution in [3.05, 3.63) is 0 Å². The Labute approximate surface area is 105 Å². The summed E-state index contributed by atoms with van der Waals surface area (Å²) in [5, 5.41) is 6.40. The zero-order valence-corrected chi connectivity index (χ0v) is 11.5. The molecule has 2 N–H and O–H groups in total. The summed E-state index contributed by atoms with van der Waals surface area (Å²) < 4.78 is 0. The van der Waals surface area contributed by atoms with Gasteiger partial charge in [0.05, 0.1) is 6.04 Å². The minimum Gasteiger partial charge on any atom is -0.355 e. The van der Waals surface area contributed by atoms with Gasteiger partial charge in [0.2, 0.25) is 5.91 Å². The molecule has 0 aromatic carbocycles. The van der Waals surface area contributed by atoms with E-state index in [1.54, 1.807) is 0 Å². The van der Waals surface area contributed by atoms with Gasteiger partial charge < -0.3 is 10.6 Å². The molecule has 0 saturated carbocycles. The third-order valence-electron chi connectivity index (χ3n) is 3.53. The highest BCUT2D eigenvalue weighted by Crippen LogP contribution is 2.13. The largest absolute Gasteiger partial charge is 0.355 e. The normalized spacial score (nSPS) is 22.5. The van der Waals surface area contributed by atoms with Crippen LogP contribution in [0.5, 0.6) is 0 Å². The third-order valence-corrected chi connectivity index (χ3v) is 3.53. The van der Waals surface area contributed by atoms with Crippen LogP contribution in [0.25, 0.3) is 0 Å². The Bertz CT molecular complexity index is 227. The van der Waals surface area contributed by atoms with E-state index < -0.39 is 0 Å². The number of nitrogens with one attached hydrogen (secondary N) is 2. The summed E-state index contributed by atoms with van der Waals surface area (Å²) in [7, 11) is 0. The van der Waals surface area contributed by atoms with Gasteiger partial charge >= 0.3 is 0 Å². The molecule has 2 atom stereocenters. The molecule has 1 aliphatic heterocycles. The second-order valence-electron chi connectivity index (χ2n) is 4.80. The molecule has 1 rings (SSSR count). The first kappa shape index (κ1) is 14.5. The highest BCUT2D eigenvalue weighted by Gasteiger charge is 2.27. The fraction of sp³-hybridized carbons (Fsp3) is 0.923. The van der Waals surface area contributed by atoms with Crippen LogP contribution in [0.15, 0.2) is 0 Å². The third kappa shape index (κ3) is 4.28. The summed E-state index contributed by atoms with van der Waals surface area (Å²) in [6.07, 6.45) is 3.41. The van der Waals surface area contributed by atoms with E-state index in [1.165, 1.54) is 12.8 Å². The first-order valence-electron chi connectivity index (χ1n) is 6.94. The molecule has 17 heavy (non-hydrogen) atoms. The summed E-state index contributed by atoms with van der Waals surface area (Å²) in [4.78, 5) is 14.3. The Kier molecular flexibility index (Phi) is 6.52. The van der Waals surface area contributed by atoms with Crippen LogP contribution in [0.3, 0.4) is 0 Å². The fourth-order valence-electron chi connectivity index (χ4n) is 2.51. The molecule has 1 aliphatic rings. The Morgan fingerprint density at radius 3 is 2.82 bits per heavy atom. The van der Waals surface area contributed by atoms with Crippen LogP contribution in [0.4, 0.5) is 0 Å². The molecule has 2 unspecified atom stereocenters. The van der Waals surface area contributed by atoms with Crippen molar-refractivity contribution in [1.29, 1.82) is 0 Å². The average molecular weight is 241 g/mol. The molecule has 0 aromatic heterocycles. The Hall–Kier alpha value is -0.610. The molecule has 4 nitrogen and oxygen atoms in total. The van der Waals surface area contributed by atoms with Crippen molar-refractivity contribution in [2.75, 3.05) is 26.2 Å². The summed E-state index contributed by atoms with van der Waals surface area (Å²) >= 11 is 0. The molecule has 100 valence electrons. The molecule has 4 heteroatoms. The van der Waals surface area contributed by atoms with Crippen molar-refractivity contribution in [1.82, 2.24) is 15.5 Å². The van der Waals surface area contributed by atoms with Gasteiger partial charge in [0, 0.05) is 19.1 Å². The number of hydrogen-bond acceptors (Lipinski definition) is 3. The molecule has 0 aliphatic carbocycles. The first-order chi connectivity index (χ1) is 8.20. The highest BCUT2D eigenvalue weighted by molar-refractivity contribution is 5.81. The lowest BCUT2D eigenvalue weighted by Crippen LogP contribution is -2.54. The van der Waals surface area contributed by atoms with Crippen LogP contribution in [0.1, 0.15) is 40.0 Å². The molecule has 0 spiro atoms. The summed E-state index contributed by atoms with van der Waals surface area (Å²) in [5.74, 6) is 0.166. The zero-order chi connectivity index (χ0) is 12.7. The van der Waals surface area contributed by atoms with Crippen LogP contribution in [0.2, 0.25) is 0 Å². The van der Waals surface area contributed by atoms with Crippen LogP contribution in [-0.4, -0.2) is 49.1 Å². The Balaban J connectivity index is 2.49. The maximum absolute atomic E-state index is 12.0. The Morgan fingerprint density at radius 1 is 1.53 bits per heavy atom. The second-order valence-corrected chi connectivity index (χ2v) is 4.80. The van der Waals surface area contributed by atoms with E-state index in [0.717, 1.165) is 32.6 Å². The molecule has 1 fully saturated rings. The van der Waals surface area contributed by atoms with Gasteiger partial charge in [-0.1, -0.05) is 13.8 Å². The first-order valence-corrected chi connectivity index (χ1v) is 6.94. The molecule has 1 heterocycles. The van der Waals surface area contributed by atoms with Crippen molar-refractivity contribution in [2.45, 2.75) is 52.1 Å². The van der Waals surface area contributed by atoms with Crippen LogP contribution < -0.4 is 10.6 Å². The van der Waals surface area contributed by atoms with Gasteiger partial charge in [0.15, 0.2) is 0 Å². The minimum atomic E-state index is -0.0172. The van der Waals surface area contributed by atoms with Crippen LogP contribution >= 0.6 is 0 Å². The topological polar surface area (TPSA) is 44.4 Å². The second kappa shape index (κ2) is 7.67. The summed E-state index contributed by atoms with van der Waals surface area (Å²) in [6, 6.07) is 0.493. The lowest BCUT2D eigenvalue weighted by atomic mass is 10.0. The minimum absolute atomic E-state index is 0.0172. The molecule has 0 bridgehead atoms. The average Bonchev–Trinajstić information content (AvgIpc) is 2.38.